The van der Waals surface area contributed by atoms with Crippen LogP contribution in [0.2, 0.25) is 0 Å². The van der Waals surface area contributed by atoms with Gasteiger partial charge in [-0.2, -0.15) is 4.98 Å². The summed E-state index contributed by atoms with van der Waals surface area (Å²) in [6.45, 7) is 3.99. The molecule has 1 aromatic heterocycles. The van der Waals surface area contributed by atoms with Crippen molar-refractivity contribution >= 4 is 0 Å². The normalized spacial score (nSPS) is 16.8. The lowest BCUT2D eigenvalue weighted by Gasteiger charge is -2.06. The Morgan fingerprint density at radius 2 is 2.46 bits per heavy atom. The van der Waals surface area contributed by atoms with Crippen LogP contribution in [0.5, 0.6) is 6.01 Å². The van der Waals surface area contributed by atoms with Gasteiger partial charge in [-0.15, -0.1) is 0 Å². The fraction of sp³-hybridized carbons (Fsp3) is 0.625. The molecule has 1 aliphatic rings. The molecule has 1 atom stereocenters. The van der Waals surface area contributed by atoms with Gasteiger partial charge in [0.1, 0.15) is 6.61 Å². The summed E-state index contributed by atoms with van der Waals surface area (Å²) in [6, 6.07) is 0.498. The molecule has 0 radical (unpaired) electrons. The average Bonchev–Trinajstić information content (AvgIpc) is 2.68. The summed E-state index contributed by atoms with van der Waals surface area (Å²) in [6.07, 6.45) is 0. The fourth-order valence-corrected chi connectivity index (χ4v) is 1.59. The smallest absolute Gasteiger partial charge is 0.296 e. The maximum Gasteiger partial charge on any atom is 0.296 e. The Bertz CT molecular complexity index is 320. The minimum Gasteiger partial charge on any atom is -0.463 e. The Labute approximate surface area is 76.7 Å². The molecule has 5 nitrogen and oxygen atoms in total. The van der Waals surface area contributed by atoms with Crippen molar-refractivity contribution in [2.24, 2.45) is 11.5 Å². The van der Waals surface area contributed by atoms with Crippen LogP contribution in [-0.4, -0.2) is 22.7 Å². The van der Waals surface area contributed by atoms with Crippen LogP contribution in [0.4, 0.5) is 0 Å². The number of nitrogens with zero attached hydrogens (tertiary/aromatic N) is 2. The van der Waals surface area contributed by atoms with Gasteiger partial charge in [0.2, 0.25) is 0 Å². The van der Waals surface area contributed by atoms with E-state index in [0.29, 0.717) is 19.2 Å². The first-order chi connectivity index (χ1) is 6.24. The van der Waals surface area contributed by atoms with Crippen LogP contribution in [-0.2, 0) is 6.54 Å². The van der Waals surface area contributed by atoms with Crippen molar-refractivity contribution in [3.63, 3.8) is 0 Å². The molecule has 13 heavy (non-hydrogen) atoms. The van der Waals surface area contributed by atoms with Crippen LogP contribution in [0.25, 0.3) is 0 Å². The van der Waals surface area contributed by atoms with Gasteiger partial charge in [0.25, 0.3) is 6.01 Å². The SMILES string of the molecule is Cc1c(C(N)CN)nc2n1CCO2. The molecule has 0 spiro atoms. The summed E-state index contributed by atoms with van der Waals surface area (Å²) in [5, 5.41) is 0. The van der Waals surface area contributed by atoms with E-state index in [4.69, 9.17) is 16.2 Å². The highest BCUT2D eigenvalue weighted by atomic mass is 16.5. The minimum absolute atomic E-state index is 0.179. The lowest BCUT2D eigenvalue weighted by Crippen LogP contribution is -2.22. The van der Waals surface area contributed by atoms with E-state index in [1.54, 1.807) is 0 Å². The van der Waals surface area contributed by atoms with E-state index in [0.717, 1.165) is 17.9 Å². The number of hydrogen-bond donors (Lipinski definition) is 2. The van der Waals surface area contributed by atoms with Crippen LogP contribution >= 0.6 is 0 Å². The van der Waals surface area contributed by atoms with Crippen LogP contribution in [0.1, 0.15) is 17.4 Å². The molecule has 2 heterocycles. The first-order valence-electron chi connectivity index (χ1n) is 4.39. The molecule has 1 unspecified atom stereocenters. The summed E-state index contributed by atoms with van der Waals surface area (Å²) in [5.41, 5.74) is 13.2. The van der Waals surface area contributed by atoms with Crippen LogP contribution in [0, 0.1) is 6.92 Å². The zero-order chi connectivity index (χ0) is 9.42. The van der Waals surface area contributed by atoms with Crippen molar-refractivity contribution in [3.8, 4) is 6.01 Å². The molecule has 0 aromatic carbocycles. The van der Waals surface area contributed by atoms with E-state index in [-0.39, 0.29) is 6.04 Å². The third-order valence-corrected chi connectivity index (χ3v) is 2.37. The number of fused-ring (bicyclic) bond motifs is 1. The third-order valence-electron chi connectivity index (χ3n) is 2.37. The molecule has 72 valence electrons. The lowest BCUT2D eigenvalue weighted by molar-refractivity contribution is 0.343. The van der Waals surface area contributed by atoms with Crippen LogP contribution in [0.15, 0.2) is 0 Å². The van der Waals surface area contributed by atoms with Crippen molar-refractivity contribution in [1.29, 1.82) is 0 Å². The zero-order valence-corrected chi connectivity index (χ0v) is 7.66. The van der Waals surface area contributed by atoms with Crippen molar-refractivity contribution in [1.82, 2.24) is 9.55 Å². The molecule has 0 bridgehead atoms. The van der Waals surface area contributed by atoms with Crippen molar-refractivity contribution < 1.29 is 4.74 Å². The average molecular weight is 182 g/mol. The van der Waals surface area contributed by atoms with Crippen molar-refractivity contribution in [3.05, 3.63) is 11.4 Å². The van der Waals surface area contributed by atoms with Gasteiger partial charge < -0.3 is 16.2 Å². The Balaban J connectivity index is 2.38. The Morgan fingerprint density at radius 1 is 1.69 bits per heavy atom. The molecule has 0 amide bonds. The largest absolute Gasteiger partial charge is 0.463 e. The van der Waals surface area contributed by atoms with Gasteiger partial charge >= 0.3 is 0 Å². The quantitative estimate of drug-likeness (QED) is 0.648. The third kappa shape index (κ3) is 1.20. The second kappa shape index (κ2) is 3.01. The van der Waals surface area contributed by atoms with E-state index < -0.39 is 0 Å². The van der Waals surface area contributed by atoms with Crippen molar-refractivity contribution in [2.45, 2.75) is 19.5 Å². The van der Waals surface area contributed by atoms with E-state index in [1.165, 1.54) is 0 Å². The predicted molar refractivity (Wildman–Crippen MR) is 48.4 cm³/mol. The first kappa shape index (κ1) is 8.52. The number of ether oxygens (including phenoxy) is 1. The molecule has 0 saturated heterocycles. The fourth-order valence-electron chi connectivity index (χ4n) is 1.59. The number of hydrogen-bond acceptors (Lipinski definition) is 4. The molecule has 2 rings (SSSR count). The topological polar surface area (TPSA) is 79.1 Å². The van der Waals surface area contributed by atoms with Crippen molar-refractivity contribution in [2.75, 3.05) is 13.2 Å². The molecule has 1 aliphatic heterocycles. The molecule has 0 aliphatic carbocycles. The second-order valence-corrected chi connectivity index (χ2v) is 3.21. The monoisotopic (exact) mass is 182 g/mol. The highest BCUT2D eigenvalue weighted by Gasteiger charge is 2.22. The number of aromatic nitrogens is 2. The van der Waals surface area contributed by atoms with Gasteiger partial charge in [-0.25, -0.2) is 0 Å². The van der Waals surface area contributed by atoms with Gasteiger partial charge in [0.05, 0.1) is 18.3 Å². The van der Waals surface area contributed by atoms with E-state index in [1.807, 2.05) is 11.5 Å². The Kier molecular flexibility index (Phi) is 1.97. The maximum atomic E-state index is 5.80. The second-order valence-electron chi connectivity index (χ2n) is 3.21. The zero-order valence-electron chi connectivity index (χ0n) is 7.66. The summed E-state index contributed by atoms with van der Waals surface area (Å²) >= 11 is 0. The summed E-state index contributed by atoms with van der Waals surface area (Å²) in [7, 11) is 0. The predicted octanol–water partition coefficient (Wildman–Crippen LogP) is -0.458. The summed E-state index contributed by atoms with van der Waals surface area (Å²) < 4.78 is 7.34. The molecular formula is C8H14N4O. The highest BCUT2D eigenvalue weighted by Crippen LogP contribution is 2.24. The summed E-state index contributed by atoms with van der Waals surface area (Å²) in [5.74, 6) is 0. The van der Waals surface area contributed by atoms with Crippen LogP contribution in [0.3, 0.4) is 0 Å². The summed E-state index contributed by atoms with van der Waals surface area (Å²) in [4.78, 5) is 4.30. The van der Waals surface area contributed by atoms with Gasteiger partial charge in [0.15, 0.2) is 0 Å². The molecule has 0 saturated carbocycles. The van der Waals surface area contributed by atoms with Gasteiger partial charge in [0, 0.05) is 12.2 Å². The molecule has 4 N–H and O–H groups in total. The maximum absolute atomic E-state index is 5.80. The van der Waals surface area contributed by atoms with Crippen LogP contribution < -0.4 is 16.2 Å². The Hall–Kier alpha value is -1.07. The Morgan fingerprint density at radius 3 is 3.08 bits per heavy atom. The molecule has 1 aromatic rings. The van der Waals surface area contributed by atoms with E-state index in [2.05, 4.69) is 4.98 Å². The molecule has 5 heteroatoms. The lowest BCUT2D eigenvalue weighted by atomic mass is 10.2. The molecule has 0 fully saturated rings. The number of nitrogens with two attached hydrogens (primary N) is 2. The van der Waals surface area contributed by atoms with E-state index in [9.17, 15) is 0 Å². The van der Waals surface area contributed by atoms with Gasteiger partial charge in [-0.3, -0.25) is 4.57 Å². The highest BCUT2D eigenvalue weighted by molar-refractivity contribution is 5.23. The number of rotatable bonds is 2. The van der Waals surface area contributed by atoms with Gasteiger partial charge in [-0.05, 0) is 6.92 Å². The van der Waals surface area contributed by atoms with Gasteiger partial charge in [-0.1, -0.05) is 0 Å². The molecular weight excluding hydrogens is 168 g/mol. The first-order valence-corrected chi connectivity index (χ1v) is 4.39. The van der Waals surface area contributed by atoms with E-state index >= 15 is 0 Å². The minimum atomic E-state index is -0.179. The number of imidazole rings is 1. The standard InChI is InChI=1S/C8H14N4O/c1-5-7(6(10)4-9)11-8-12(5)2-3-13-8/h6H,2-4,9-10H2,1H3.